The minimum atomic E-state index is -0.177. The maximum absolute atomic E-state index is 2.54. The maximum atomic E-state index is 2.54. The summed E-state index contributed by atoms with van der Waals surface area (Å²) in [6.07, 6.45) is 0. The third-order valence-corrected chi connectivity index (χ3v) is 20.8. The number of hydrogen-bond donors (Lipinski definition) is 0. The van der Waals surface area contributed by atoms with Crippen molar-refractivity contribution in [2.24, 2.45) is 0 Å². The van der Waals surface area contributed by atoms with Gasteiger partial charge in [-0.3, -0.25) is 0 Å². The predicted octanol–water partition coefficient (Wildman–Crippen LogP) is 21.1. The van der Waals surface area contributed by atoms with Crippen LogP contribution in [0, 0.1) is 27.7 Å². The van der Waals surface area contributed by atoms with Gasteiger partial charge >= 0.3 is 0 Å². The Balaban J connectivity index is 0.738. The molecule has 0 bridgehead atoms. The Hall–Kier alpha value is -7.80. The van der Waals surface area contributed by atoms with Gasteiger partial charge in [0.25, 0.3) is 0 Å². The lowest BCUT2D eigenvalue weighted by molar-refractivity contribution is 0.659. The van der Waals surface area contributed by atoms with Crippen LogP contribution < -0.4 is 0 Å². The normalized spacial score (nSPS) is 16.7. The monoisotopic (exact) mass is 1020 g/mol. The highest BCUT2D eigenvalue weighted by atomic mass is 14.5. The molecular formula is C79H70. The number of fused-ring (bicyclic) bond motifs is 15. The molecule has 5 aliphatic carbocycles. The summed E-state index contributed by atoms with van der Waals surface area (Å²) < 4.78 is 0. The van der Waals surface area contributed by atoms with Crippen LogP contribution in [0.2, 0.25) is 0 Å². The summed E-state index contributed by atoms with van der Waals surface area (Å²) in [4.78, 5) is 0. The van der Waals surface area contributed by atoms with Crippen LogP contribution in [0.3, 0.4) is 0 Å². The summed E-state index contributed by atoms with van der Waals surface area (Å²) >= 11 is 0. The number of aryl methyl sites for hydroxylation is 4. The summed E-state index contributed by atoms with van der Waals surface area (Å²) in [6, 6.07) is 67.0. The fourth-order valence-corrected chi connectivity index (χ4v) is 16.1. The van der Waals surface area contributed by atoms with Gasteiger partial charge in [-0.25, -0.2) is 0 Å². The van der Waals surface area contributed by atoms with E-state index in [0.29, 0.717) is 0 Å². The Bertz CT molecular complexity index is 4140. The van der Waals surface area contributed by atoms with Crippen molar-refractivity contribution in [3.05, 3.63) is 248 Å². The molecule has 0 radical (unpaired) electrons. The van der Waals surface area contributed by atoms with Crippen molar-refractivity contribution in [1.82, 2.24) is 0 Å². The molecule has 0 atom stereocenters. The van der Waals surface area contributed by atoms with E-state index in [2.05, 4.69) is 267 Å². The van der Waals surface area contributed by atoms with Crippen LogP contribution in [0.25, 0.3) is 100 Å². The fraction of sp³-hybridized carbons (Fsp3) is 0.241. The SMILES string of the molecule is Cc1cc2c(cc1-c1ccc3c(c1)C(C)(C)c1ccccc1-3)C(C)(C)c1cc(-c3ccc4c(c3)C(C)(C)c3cc(-c5cc6c(cc5C)-c5cc(C)c(-c7ccc8c(c7)C(C)(C)c7ccccc7-8)cc5C6(C)C)ccc3-4)c(C)cc1-2. The molecule has 0 aromatic heterocycles. The van der Waals surface area contributed by atoms with Gasteiger partial charge in [0.05, 0.1) is 0 Å². The third-order valence-electron chi connectivity index (χ3n) is 20.8. The highest BCUT2D eigenvalue weighted by Gasteiger charge is 2.42. The molecule has 0 saturated carbocycles. The molecule has 386 valence electrons. The first-order valence-corrected chi connectivity index (χ1v) is 29.0. The smallest absolute Gasteiger partial charge is 0.0159 e. The van der Waals surface area contributed by atoms with Crippen LogP contribution in [-0.4, -0.2) is 0 Å². The lowest BCUT2D eigenvalue weighted by Gasteiger charge is -2.25. The molecule has 0 unspecified atom stereocenters. The zero-order valence-electron chi connectivity index (χ0n) is 48.7. The number of hydrogen-bond acceptors (Lipinski definition) is 0. The van der Waals surface area contributed by atoms with E-state index in [-0.39, 0.29) is 27.1 Å². The van der Waals surface area contributed by atoms with Crippen LogP contribution in [-0.2, 0) is 27.1 Å². The van der Waals surface area contributed by atoms with Crippen LogP contribution in [0.15, 0.2) is 170 Å². The Morgan fingerprint density at radius 2 is 0.380 bits per heavy atom. The van der Waals surface area contributed by atoms with Crippen LogP contribution >= 0.6 is 0 Å². The highest BCUT2D eigenvalue weighted by molar-refractivity contribution is 5.94. The van der Waals surface area contributed by atoms with Crippen molar-refractivity contribution < 1.29 is 0 Å². The molecule has 0 heteroatoms. The minimum Gasteiger partial charge on any atom is -0.0619 e. The summed E-state index contributed by atoms with van der Waals surface area (Å²) in [6.45, 7) is 33.4. The summed E-state index contributed by atoms with van der Waals surface area (Å²) in [7, 11) is 0. The van der Waals surface area contributed by atoms with Gasteiger partial charge in [-0.2, -0.15) is 0 Å². The molecular weight excluding hydrogens is 949 g/mol. The van der Waals surface area contributed by atoms with Crippen molar-refractivity contribution in [3.63, 3.8) is 0 Å². The van der Waals surface area contributed by atoms with Crippen molar-refractivity contribution in [1.29, 1.82) is 0 Å². The lowest BCUT2D eigenvalue weighted by atomic mass is 9.78. The van der Waals surface area contributed by atoms with Gasteiger partial charge in [-0.05, 0) is 254 Å². The predicted molar refractivity (Wildman–Crippen MR) is 335 cm³/mol. The molecule has 0 amide bonds. The van der Waals surface area contributed by atoms with Gasteiger partial charge < -0.3 is 0 Å². The fourth-order valence-electron chi connectivity index (χ4n) is 16.1. The second kappa shape index (κ2) is 15.7. The number of rotatable bonds is 4. The largest absolute Gasteiger partial charge is 0.0619 e. The Labute approximate surface area is 469 Å². The molecule has 0 N–H and O–H groups in total. The zero-order chi connectivity index (χ0) is 54.8. The molecule has 0 fully saturated rings. The van der Waals surface area contributed by atoms with Gasteiger partial charge in [-0.1, -0.05) is 191 Å². The average molecular weight is 1020 g/mol. The molecule has 0 spiro atoms. The minimum absolute atomic E-state index is 0.0364. The Morgan fingerprint density at radius 1 is 0.177 bits per heavy atom. The standard InChI is InChI=1S/C79H70/c1-43-31-61-63-33-45(3)59(41-73(63)78(11,12)71(61)39-57(43)47-23-27-53-51-19-15-17-21-65(51)75(5,6)67(53)35-47)49-25-29-55-56-30-26-50(38-70(56)77(9,10)69(55)37-49)60-42-74-64(34-46(60)4)62-32-44(2)58(40-72(62)79(74,13)14)48-24-28-54-52-20-16-18-22-66(52)76(7,8)68(54)36-48/h15-42H,1-14H3. The molecule has 0 saturated heterocycles. The van der Waals surface area contributed by atoms with E-state index in [1.54, 1.807) is 0 Å². The van der Waals surface area contributed by atoms with Gasteiger partial charge in [0, 0.05) is 27.1 Å². The van der Waals surface area contributed by atoms with Crippen molar-refractivity contribution in [3.8, 4) is 100 Å². The molecule has 0 heterocycles. The first-order chi connectivity index (χ1) is 37.6. The van der Waals surface area contributed by atoms with E-state index < -0.39 is 0 Å². The first kappa shape index (κ1) is 48.3. The molecule has 0 aliphatic heterocycles. The zero-order valence-corrected chi connectivity index (χ0v) is 48.7. The molecule has 15 rings (SSSR count). The molecule has 0 nitrogen and oxygen atoms in total. The molecule has 5 aliphatic rings. The van der Waals surface area contributed by atoms with Crippen LogP contribution in [0.5, 0.6) is 0 Å². The second-order valence-corrected chi connectivity index (χ2v) is 27.1. The Morgan fingerprint density at radius 3 is 0.633 bits per heavy atom. The first-order valence-electron chi connectivity index (χ1n) is 29.0. The second-order valence-electron chi connectivity index (χ2n) is 27.1. The lowest BCUT2D eigenvalue weighted by Crippen LogP contribution is -2.16. The van der Waals surface area contributed by atoms with E-state index in [9.17, 15) is 0 Å². The molecule has 10 aromatic rings. The van der Waals surface area contributed by atoms with Crippen molar-refractivity contribution >= 4 is 0 Å². The van der Waals surface area contributed by atoms with Crippen molar-refractivity contribution in [2.75, 3.05) is 0 Å². The quantitative estimate of drug-likeness (QED) is 0.165. The van der Waals surface area contributed by atoms with E-state index >= 15 is 0 Å². The number of benzene rings is 10. The summed E-state index contributed by atoms with van der Waals surface area (Å²) in [5, 5.41) is 0. The Kier molecular flexibility index (Phi) is 9.62. The third kappa shape index (κ3) is 6.38. The van der Waals surface area contributed by atoms with Crippen LogP contribution in [0.1, 0.15) is 147 Å². The van der Waals surface area contributed by atoms with Gasteiger partial charge in [0.2, 0.25) is 0 Å². The topological polar surface area (TPSA) is 0 Å². The van der Waals surface area contributed by atoms with E-state index in [4.69, 9.17) is 0 Å². The maximum Gasteiger partial charge on any atom is 0.0159 e. The van der Waals surface area contributed by atoms with Gasteiger partial charge in [0.1, 0.15) is 0 Å². The average Bonchev–Trinajstić information content (AvgIpc) is 4.02. The summed E-state index contributed by atoms with van der Waals surface area (Å²) in [5.74, 6) is 0. The van der Waals surface area contributed by atoms with E-state index in [1.807, 2.05) is 0 Å². The van der Waals surface area contributed by atoms with Crippen molar-refractivity contribution in [2.45, 2.75) is 124 Å². The van der Waals surface area contributed by atoms with Crippen LogP contribution in [0.4, 0.5) is 0 Å². The molecule has 79 heavy (non-hydrogen) atoms. The van der Waals surface area contributed by atoms with E-state index in [0.717, 1.165) is 0 Å². The summed E-state index contributed by atoms with van der Waals surface area (Å²) in [5.41, 5.74) is 43.2. The van der Waals surface area contributed by atoms with E-state index in [1.165, 1.54) is 178 Å². The highest BCUT2D eigenvalue weighted by Crippen LogP contribution is 2.58. The molecule has 10 aromatic carbocycles. The van der Waals surface area contributed by atoms with Gasteiger partial charge in [-0.15, -0.1) is 0 Å². The van der Waals surface area contributed by atoms with Gasteiger partial charge in [0.15, 0.2) is 0 Å².